The van der Waals surface area contributed by atoms with Crippen molar-refractivity contribution in [2.24, 2.45) is 0 Å². The van der Waals surface area contributed by atoms with E-state index in [4.69, 9.17) is 4.42 Å². The molecule has 158 valence electrons. The third-order valence-corrected chi connectivity index (χ3v) is 5.65. The van der Waals surface area contributed by atoms with Crippen LogP contribution >= 0.6 is 11.3 Å². The first-order valence-electron chi connectivity index (χ1n) is 9.83. The molecule has 6 nitrogen and oxygen atoms in total. The van der Waals surface area contributed by atoms with E-state index in [1.165, 1.54) is 24.3 Å². The van der Waals surface area contributed by atoms with Gasteiger partial charge in [0.25, 0.3) is 5.91 Å². The second-order valence-corrected chi connectivity index (χ2v) is 7.93. The molecule has 2 N–H and O–H groups in total. The van der Waals surface area contributed by atoms with Crippen LogP contribution in [0.1, 0.15) is 29.0 Å². The maximum atomic E-state index is 12.9. The predicted molar refractivity (Wildman–Crippen MR) is 117 cm³/mol. The SMILES string of the molecule is O=C(CCCNC(=O)c1ccc(F)cc1)NCc1ccc(-c2nc3ccccc3s2)o1. The van der Waals surface area contributed by atoms with Crippen LogP contribution in [0.25, 0.3) is 21.0 Å². The number of furan rings is 1. The Balaban J connectivity index is 1.19. The number of amides is 2. The van der Waals surface area contributed by atoms with Gasteiger partial charge in [-0.25, -0.2) is 9.37 Å². The molecule has 0 unspecified atom stereocenters. The Morgan fingerprint density at radius 1 is 1.00 bits per heavy atom. The summed E-state index contributed by atoms with van der Waals surface area (Å²) < 4.78 is 19.8. The number of nitrogens with one attached hydrogen (secondary N) is 2. The van der Waals surface area contributed by atoms with E-state index in [9.17, 15) is 14.0 Å². The zero-order valence-electron chi connectivity index (χ0n) is 16.6. The number of nitrogens with zero attached hydrogens (tertiary/aromatic N) is 1. The molecule has 4 rings (SSSR count). The number of benzene rings is 2. The van der Waals surface area contributed by atoms with Crippen molar-refractivity contribution in [1.29, 1.82) is 0 Å². The van der Waals surface area contributed by atoms with Crippen LogP contribution in [0.4, 0.5) is 4.39 Å². The summed E-state index contributed by atoms with van der Waals surface area (Å²) in [5.74, 6) is 0.505. The molecule has 2 aromatic carbocycles. The van der Waals surface area contributed by atoms with Crippen LogP contribution in [-0.4, -0.2) is 23.3 Å². The van der Waals surface area contributed by atoms with Gasteiger partial charge in [0.15, 0.2) is 10.8 Å². The number of carbonyl (C=O) groups excluding carboxylic acids is 2. The monoisotopic (exact) mass is 437 g/mol. The highest BCUT2D eigenvalue weighted by Crippen LogP contribution is 2.31. The van der Waals surface area contributed by atoms with Gasteiger partial charge in [-0.3, -0.25) is 9.59 Å². The van der Waals surface area contributed by atoms with E-state index < -0.39 is 5.82 Å². The lowest BCUT2D eigenvalue weighted by Gasteiger charge is -2.06. The minimum Gasteiger partial charge on any atom is -0.457 e. The molecular weight excluding hydrogens is 417 g/mol. The molecule has 0 aliphatic carbocycles. The van der Waals surface area contributed by atoms with Crippen LogP contribution in [-0.2, 0) is 11.3 Å². The highest BCUT2D eigenvalue weighted by atomic mass is 32.1. The van der Waals surface area contributed by atoms with Gasteiger partial charge in [-0.15, -0.1) is 11.3 Å². The normalized spacial score (nSPS) is 10.9. The number of hydrogen-bond donors (Lipinski definition) is 2. The van der Waals surface area contributed by atoms with E-state index in [1.54, 1.807) is 11.3 Å². The summed E-state index contributed by atoms with van der Waals surface area (Å²) in [4.78, 5) is 28.5. The topological polar surface area (TPSA) is 84.2 Å². The van der Waals surface area contributed by atoms with E-state index >= 15 is 0 Å². The van der Waals surface area contributed by atoms with Gasteiger partial charge in [0.2, 0.25) is 5.91 Å². The highest BCUT2D eigenvalue weighted by molar-refractivity contribution is 7.21. The molecule has 0 radical (unpaired) electrons. The van der Waals surface area contributed by atoms with Crippen LogP contribution in [0.5, 0.6) is 0 Å². The molecule has 0 atom stereocenters. The predicted octanol–water partition coefficient (Wildman–Crippen LogP) is 4.52. The number of rotatable bonds is 8. The molecular formula is C23H20FN3O3S. The molecule has 0 fully saturated rings. The van der Waals surface area contributed by atoms with Crippen molar-refractivity contribution in [2.45, 2.75) is 19.4 Å². The largest absolute Gasteiger partial charge is 0.457 e. The molecule has 8 heteroatoms. The molecule has 0 saturated heterocycles. The molecule has 31 heavy (non-hydrogen) atoms. The third-order valence-electron chi connectivity index (χ3n) is 4.60. The average Bonchev–Trinajstić information content (AvgIpc) is 3.42. The summed E-state index contributed by atoms with van der Waals surface area (Å²) in [5, 5.41) is 6.33. The standard InChI is InChI=1S/C23H20FN3O3S/c24-16-9-7-15(8-10-16)22(29)25-13-3-6-21(28)26-14-17-11-12-19(30-17)23-27-18-4-1-2-5-20(18)31-23/h1-2,4-5,7-12H,3,6,13-14H2,(H,25,29)(H,26,28). The lowest BCUT2D eigenvalue weighted by Crippen LogP contribution is -2.27. The van der Waals surface area contributed by atoms with E-state index in [0.29, 0.717) is 30.0 Å². The number of carbonyl (C=O) groups is 2. The van der Waals surface area contributed by atoms with E-state index in [2.05, 4.69) is 15.6 Å². The summed E-state index contributed by atoms with van der Waals surface area (Å²) in [6, 6.07) is 16.9. The van der Waals surface area contributed by atoms with Gasteiger partial charge in [-0.2, -0.15) is 0 Å². The zero-order chi connectivity index (χ0) is 21.6. The van der Waals surface area contributed by atoms with Crippen LogP contribution in [0.3, 0.4) is 0 Å². The van der Waals surface area contributed by atoms with Gasteiger partial charge in [-0.1, -0.05) is 12.1 Å². The number of hydrogen-bond acceptors (Lipinski definition) is 5. The summed E-state index contributed by atoms with van der Waals surface area (Å²) in [5.41, 5.74) is 1.31. The number of thiazole rings is 1. The van der Waals surface area contributed by atoms with Crippen LogP contribution < -0.4 is 10.6 Å². The molecule has 4 aromatic rings. The Bertz CT molecular complexity index is 1170. The Morgan fingerprint density at radius 3 is 2.61 bits per heavy atom. The van der Waals surface area contributed by atoms with Crippen molar-refractivity contribution in [2.75, 3.05) is 6.54 Å². The lowest BCUT2D eigenvalue weighted by molar-refractivity contribution is -0.121. The van der Waals surface area contributed by atoms with Crippen LogP contribution in [0.2, 0.25) is 0 Å². The quantitative estimate of drug-likeness (QED) is 0.397. The second kappa shape index (κ2) is 9.53. The van der Waals surface area contributed by atoms with Crippen LogP contribution in [0, 0.1) is 5.82 Å². The first-order valence-corrected chi connectivity index (χ1v) is 10.7. The van der Waals surface area contributed by atoms with Gasteiger partial charge >= 0.3 is 0 Å². The average molecular weight is 437 g/mol. The van der Waals surface area contributed by atoms with Crippen molar-refractivity contribution in [3.05, 3.63) is 77.8 Å². The summed E-state index contributed by atoms with van der Waals surface area (Å²) in [7, 11) is 0. The van der Waals surface area contributed by atoms with Gasteiger partial charge in [0, 0.05) is 18.5 Å². The third kappa shape index (κ3) is 5.35. The van der Waals surface area contributed by atoms with Crippen molar-refractivity contribution >= 4 is 33.4 Å². The molecule has 2 heterocycles. The van der Waals surface area contributed by atoms with Gasteiger partial charge in [0.1, 0.15) is 11.6 Å². The minimum absolute atomic E-state index is 0.131. The molecule has 0 saturated carbocycles. The molecule has 0 bridgehead atoms. The lowest BCUT2D eigenvalue weighted by atomic mass is 10.2. The van der Waals surface area contributed by atoms with Crippen LogP contribution in [0.15, 0.2) is 65.1 Å². The fraction of sp³-hybridized carbons (Fsp3) is 0.174. The smallest absolute Gasteiger partial charge is 0.251 e. The van der Waals surface area contributed by atoms with E-state index in [1.807, 2.05) is 36.4 Å². The minimum atomic E-state index is -0.392. The maximum absolute atomic E-state index is 12.9. The second-order valence-electron chi connectivity index (χ2n) is 6.90. The zero-order valence-corrected chi connectivity index (χ0v) is 17.4. The summed E-state index contributed by atoms with van der Waals surface area (Å²) >= 11 is 1.56. The van der Waals surface area contributed by atoms with E-state index in [0.717, 1.165) is 15.2 Å². The molecule has 0 aliphatic rings. The molecule has 0 spiro atoms. The molecule has 2 aromatic heterocycles. The Kier molecular flexibility index (Phi) is 6.37. The van der Waals surface area contributed by atoms with Crippen molar-refractivity contribution < 1.29 is 18.4 Å². The van der Waals surface area contributed by atoms with Crippen molar-refractivity contribution in [3.63, 3.8) is 0 Å². The summed E-state index contributed by atoms with van der Waals surface area (Å²) in [6.07, 6.45) is 0.767. The number of halogens is 1. The van der Waals surface area contributed by atoms with Gasteiger partial charge in [-0.05, 0) is 55.0 Å². The first-order chi connectivity index (χ1) is 15.1. The van der Waals surface area contributed by atoms with Crippen molar-refractivity contribution in [3.8, 4) is 10.8 Å². The van der Waals surface area contributed by atoms with E-state index in [-0.39, 0.29) is 24.8 Å². The fourth-order valence-electron chi connectivity index (χ4n) is 2.99. The Morgan fingerprint density at radius 2 is 1.81 bits per heavy atom. The maximum Gasteiger partial charge on any atom is 0.251 e. The highest BCUT2D eigenvalue weighted by Gasteiger charge is 2.11. The summed E-state index contributed by atoms with van der Waals surface area (Å²) in [6.45, 7) is 0.637. The number of para-hydroxylation sites is 1. The number of fused-ring (bicyclic) bond motifs is 1. The van der Waals surface area contributed by atoms with Gasteiger partial charge in [0.05, 0.1) is 16.8 Å². The molecule has 0 aliphatic heterocycles. The van der Waals surface area contributed by atoms with Gasteiger partial charge < -0.3 is 15.1 Å². The number of aromatic nitrogens is 1. The Labute approximate surface area is 182 Å². The first kappa shape index (κ1) is 20.7. The Hall–Kier alpha value is -3.52. The molecule has 2 amide bonds. The van der Waals surface area contributed by atoms with Crippen molar-refractivity contribution in [1.82, 2.24) is 15.6 Å². The fourth-order valence-corrected chi connectivity index (χ4v) is 3.92.